The van der Waals surface area contributed by atoms with Crippen molar-refractivity contribution in [2.45, 2.75) is 25.3 Å². The van der Waals surface area contributed by atoms with Crippen LogP contribution >= 0.6 is 11.6 Å². The van der Waals surface area contributed by atoms with Crippen molar-refractivity contribution in [3.05, 3.63) is 23.1 Å². The number of rotatable bonds is 2. The first-order valence-electron chi connectivity index (χ1n) is 5.37. The third kappa shape index (κ3) is 2.44. The van der Waals surface area contributed by atoms with Crippen LogP contribution < -0.4 is 0 Å². The summed E-state index contributed by atoms with van der Waals surface area (Å²) in [5.74, 6) is -1.30. The van der Waals surface area contributed by atoms with E-state index in [2.05, 4.69) is 0 Å². The van der Waals surface area contributed by atoms with Gasteiger partial charge in [-0.05, 0) is 19.3 Å². The number of hydrogen-bond acceptors (Lipinski definition) is 3. The number of piperidine rings is 1. The van der Waals surface area contributed by atoms with Gasteiger partial charge in [-0.2, -0.15) is 0 Å². The SMILES string of the molecule is O=C(O)C1CCCCN1C(=O)c1cc(Cl)co1. The average Bonchev–Trinajstić information content (AvgIpc) is 2.75. The zero-order chi connectivity index (χ0) is 12.4. The molecule has 0 saturated carbocycles. The van der Waals surface area contributed by atoms with Crippen LogP contribution in [0.2, 0.25) is 5.02 Å². The Bertz CT molecular complexity index is 442. The number of furan rings is 1. The summed E-state index contributed by atoms with van der Waals surface area (Å²) < 4.78 is 4.99. The number of likely N-dealkylation sites (tertiary alicyclic amines) is 1. The molecule has 0 radical (unpaired) electrons. The molecule has 1 unspecified atom stereocenters. The fourth-order valence-electron chi connectivity index (χ4n) is 2.00. The highest BCUT2D eigenvalue weighted by atomic mass is 35.5. The van der Waals surface area contributed by atoms with E-state index in [1.165, 1.54) is 17.2 Å². The highest BCUT2D eigenvalue weighted by Crippen LogP contribution is 2.22. The minimum atomic E-state index is -0.976. The Morgan fingerprint density at radius 2 is 2.24 bits per heavy atom. The van der Waals surface area contributed by atoms with E-state index >= 15 is 0 Å². The zero-order valence-electron chi connectivity index (χ0n) is 9.06. The molecule has 0 aliphatic carbocycles. The molecule has 6 heteroatoms. The van der Waals surface area contributed by atoms with Crippen molar-refractivity contribution in [2.24, 2.45) is 0 Å². The monoisotopic (exact) mass is 257 g/mol. The molecule has 1 aliphatic heterocycles. The van der Waals surface area contributed by atoms with Gasteiger partial charge in [0.1, 0.15) is 12.3 Å². The molecule has 2 heterocycles. The predicted molar refractivity (Wildman–Crippen MR) is 60.0 cm³/mol. The van der Waals surface area contributed by atoms with Crippen LogP contribution in [0.3, 0.4) is 0 Å². The first kappa shape index (κ1) is 12.0. The number of hydrogen-bond donors (Lipinski definition) is 1. The average molecular weight is 258 g/mol. The van der Waals surface area contributed by atoms with Crippen molar-refractivity contribution >= 4 is 23.5 Å². The summed E-state index contributed by atoms with van der Waals surface area (Å²) in [6.07, 6.45) is 3.37. The van der Waals surface area contributed by atoms with Crippen molar-refractivity contribution < 1.29 is 19.1 Å². The molecule has 1 aromatic heterocycles. The maximum Gasteiger partial charge on any atom is 0.326 e. The number of carbonyl (C=O) groups excluding carboxylic acids is 1. The van der Waals surface area contributed by atoms with Crippen molar-refractivity contribution in [3.63, 3.8) is 0 Å². The van der Waals surface area contributed by atoms with E-state index in [4.69, 9.17) is 21.1 Å². The minimum Gasteiger partial charge on any atom is -0.480 e. The fraction of sp³-hybridized carbons (Fsp3) is 0.455. The lowest BCUT2D eigenvalue weighted by Gasteiger charge is -2.32. The van der Waals surface area contributed by atoms with Crippen LogP contribution in [0.4, 0.5) is 0 Å². The summed E-state index contributed by atoms with van der Waals surface area (Å²) in [6, 6.07) is 0.636. The third-order valence-corrected chi connectivity index (χ3v) is 3.03. The number of nitrogens with zero attached hydrogens (tertiary/aromatic N) is 1. The Morgan fingerprint density at radius 3 is 2.82 bits per heavy atom. The highest BCUT2D eigenvalue weighted by Gasteiger charge is 2.33. The molecule has 92 valence electrons. The van der Waals surface area contributed by atoms with Gasteiger partial charge in [-0.15, -0.1) is 0 Å². The van der Waals surface area contributed by atoms with Crippen LogP contribution in [-0.4, -0.2) is 34.5 Å². The van der Waals surface area contributed by atoms with Crippen LogP contribution in [0.15, 0.2) is 16.7 Å². The number of amides is 1. The molecule has 0 spiro atoms. The van der Waals surface area contributed by atoms with Crippen LogP contribution in [0.5, 0.6) is 0 Å². The largest absolute Gasteiger partial charge is 0.480 e. The highest BCUT2D eigenvalue weighted by molar-refractivity contribution is 6.30. The molecule has 0 aromatic carbocycles. The molecular weight excluding hydrogens is 246 g/mol. The van der Waals surface area contributed by atoms with Crippen LogP contribution in [-0.2, 0) is 4.79 Å². The lowest BCUT2D eigenvalue weighted by molar-refractivity contribution is -0.143. The van der Waals surface area contributed by atoms with Gasteiger partial charge in [0.15, 0.2) is 5.76 Å². The molecule has 1 aliphatic rings. The topological polar surface area (TPSA) is 70.8 Å². The molecule has 2 rings (SSSR count). The Morgan fingerprint density at radius 1 is 1.47 bits per heavy atom. The van der Waals surface area contributed by atoms with Crippen LogP contribution in [0.25, 0.3) is 0 Å². The maximum absolute atomic E-state index is 12.0. The Hall–Kier alpha value is -1.49. The first-order chi connectivity index (χ1) is 8.09. The van der Waals surface area contributed by atoms with Crippen molar-refractivity contribution in [1.82, 2.24) is 4.90 Å². The van der Waals surface area contributed by atoms with Gasteiger partial charge in [0.2, 0.25) is 0 Å². The second kappa shape index (κ2) is 4.79. The lowest BCUT2D eigenvalue weighted by atomic mass is 10.0. The molecular formula is C11H12ClNO4. The van der Waals surface area contributed by atoms with E-state index in [1.807, 2.05) is 0 Å². The lowest BCUT2D eigenvalue weighted by Crippen LogP contribution is -2.47. The zero-order valence-corrected chi connectivity index (χ0v) is 9.81. The van der Waals surface area contributed by atoms with E-state index in [0.717, 1.165) is 12.8 Å². The first-order valence-corrected chi connectivity index (χ1v) is 5.75. The Kier molecular flexibility index (Phi) is 3.38. The Labute approximate surface area is 103 Å². The summed E-state index contributed by atoms with van der Waals surface area (Å²) >= 11 is 5.66. The number of aliphatic carboxylic acids is 1. The number of carboxylic acid groups (broad SMARTS) is 1. The molecule has 1 fully saturated rings. The summed E-state index contributed by atoms with van der Waals surface area (Å²) in [4.78, 5) is 24.4. The summed E-state index contributed by atoms with van der Waals surface area (Å²) in [5.41, 5.74) is 0. The quantitative estimate of drug-likeness (QED) is 0.880. The standard InChI is InChI=1S/C11H12ClNO4/c12-7-5-9(17-6-7)10(14)13-4-2-1-3-8(13)11(15)16/h5-6,8H,1-4H2,(H,15,16). The molecule has 1 aromatic rings. The van der Waals surface area contributed by atoms with E-state index in [0.29, 0.717) is 18.0 Å². The second-order valence-corrected chi connectivity index (χ2v) is 4.41. The van der Waals surface area contributed by atoms with E-state index in [-0.39, 0.29) is 5.76 Å². The van der Waals surface area contributed by atoms with E-state index in [1.54, 1.807) is 0 Å². The van der Waals surface area contributed by atoms with Gasteiger partial charge in [-0.1, -0.05) is 11.6 Å². The maximum atomic E-state index is 12.0. The van der Waals surface area contributed by atoms with Gasteiger partial charge in [0.25, 0.3) is 5.91 Å². The van der Waals surface area contributed by atoms with E-state index in [9.17, 15) is 9.59 Å². The van der Waals surface area contributed by atoms with Gasteiger partial charge in [0.05, 0.1) is 5.02 Å². The number of carboxylic acids is 1. The molecule has 17 heavy (non-hydrogen) atoms. The number of halogens is 1. The smallest absolute Gasteiger partial charge is 0.326 e. The summed E-state index contributed by atoms with van der Waals surface area (Å²) in [5, 5.41) is 9.39. The molecule has 1 N–H and O–H groups in total. The number of carbonyl (C=O) groups is 2. The Balaban J connectivity index is 2.19. The second-order valence-electron chi connectivity index (χ2n) is 3.98. The van der Waals surface area contributed by atoms with Crippen molar-refractivity contribution in [2.75, 3.05) is 6.54 Å². The molecule has 0 bridgehead atoms. The molecule has 1 atom stereocenters. The van der Waals surface area contributed by atoms with Crippen LogP contribution in [0.1, 0.15) is 29.8 Å². The van der Waals surface area contributed by atoms with Crippen molar-refractivity contribution in [3.8, 4) is 0 Å². The van der Waals surface area contributed by atoms with Gasteiger partial charge in [-0.25, -0.2) is 4.79 Å². The van der Waals surface area contributed by atoms with E-state index < -0.39 is 17.9 Å². The predicted octanol–water partition coefficient (Wildman–Crippen LogP) is 2.01. The summed E-state index contributed by atoms with van der Waals surface area (Å²) in [6.45, 7) is 0.439. The molecule has 5 nitrogen and oxygen atoms in total. The minimum absolute atomic E-state index is 0.0863. The normalized spacial score (nSPS) is 20.3. The van der Waals surface area contributed by atoms with Gasteiger partial charge < -0.3 is 14.4 Å². The molecule has 1 amide bonds. The third-order valence-electron chi connectivity index (χ3n) is 2.83. The van der Waals surface area contributed by atoms with Crippen LogP contribution in [0, 0.1) is 0 Å². The van der Waals surface area contributed by atoms with Crippen molar-refractivity contribution in [1.29, 1.82) is 0 Å². The van der Waals surface area contributed by atoms with Gasteiger partial charge in [-0.3, -0.25) is 4.79 Å². The van der Waals surface area contributed by atoms with Gasteiger partial charge >= 0.3 is 5.97 Å². The molecule has 1 saturated heterocycles. The van der Waals surface area contributed by atoms with Gasteiger partial charge in [0, 0.05) is 12.6 Å². The fourth-order valence-corrected chi connectivity index (χ4v) is 2.14. The summed E-state index contributed by atoms with van der Waals surface area (Å²) in [7, 11) is 0.